The van der Waals surface area contributed by atoms with Crippen LogP contribution in [-0.4, -0.2) is 14.9 Å². The Morgan fingerprint density at radius 1 is 0.826 bits per heavy atom. The number of aromatic nitrogens is 3. The van der Waals surface area contributed by atoms with Gasteiger partial charge in [-0.15, -0.1) is 10.2 Å². The third-order valence-corrected chi connectivity index (χ3v) is 3.40. The minimum atomic E-state index is 0.579. The molecule has 3 rings (SSSR count). The number of nitriles is 2. The quantitative estimate of drug-likeness (QED) is 0.739. The molecule has 1 aromatic heterocycles. The van der Waals surface area contributed by atoms with E-state index in [1.165, 1.54) is 0 Å². The molecule has 2 aromatic carbocycles. The molecular formula is C17H12N6. The van der Waals surface area contributed by atoms with Crippen LogP contribution in [0.2, 0.25) is 0 Å². The molecule has 0 atom stereocenters. The van der Waals surface area contributed by atoms with E-state index in [0.29, 0.717) is 17.7 Å². The maximum absolute atomic E-state index is 8.92. The van der Waals surface area contributed by atoms with Crippen molar-refractivity contribution < 1.29 is 0 Å². The van der Waals surface area contributed by atoms with E-state index in [-0.39, 0.29) is 0 Å². The van der Waals surface area contributed by atoms with Crippen molar-refractivity contribution in [3.05, 3.63) is 77.9 Å². The molecule has 23 heavy (non-hydrogen) atoms. The van der Waals surface area contributed by atoms with Crippen LogP contribution in [0.15, 0.2) is 61.2 Å². The molecule has 0 fully saturated rings. The van der Waals surface area contributed by atoms with Crippen molar-refractivity contribution in [1.29, 1.82) is 10.5 Å². The maximum Gasteiger partial charge on any atom is 0.139 e. The van der Waals surface area contributed by atoms with Crippen LogP contribution in [0.1, 0.15) is 16.7 Å². The van der Waals surface area contributed by atoms with E-state index in [1.54, 1.807) is 41.6 Å². The Labute approximate surface area is 133 Å². The predicted molar refractivity (Wildman–Crippen MR) is 83.9 cm³/mol. The summed E-state index contributed by atoms with van der Waals surface area (Å²) in [5.41, 5.74) is 3.19. The van der Waals surface area contributed by atoms with Crippen LogP contribution >= 0.6 is 0 Å². The van der Waals surface area contributed by atoms with Gasteiger partial charge in [-0.25, -0.2) is 4.68 Å². The summed E-state index contributed by atoms with van der Waals surface area (Å²) in [5.74, 6) is 0. The zero-order valence-electron chi connectivity index (χ0n) is 12.2. The van der Waals surface area contributed by atoms with Gasteiger partial charge < -0.3 is 0 Å². The first kappa shape index (κ1) is 14.3. The first-order chi connectivity index (χ1) is 11.3. The molecule has 0 saturated heterocycles. The van der Waals surface area contributed by atoms with Gasteiger partial charge in [-0.05, 0) is 42.0 Å². The summed E-state index contributed by atoms with van der Waals surface area (Å²) in [6.45, 7) is 0.579. The van der Waals surface area contributed by atoms with Crippen LogP contribution < -0.4 is 5.01 Å². The van der Waals surface area contributed by atoms with Gasteiger partial charge in [0, 0.05) is 0 Å². The van der Waals surface area contributed by atoms with Crippen molar-refractivity contribution >= 4 is 5.69 Å². The Kier molecular flexibility index (Phi) is 3.99. The van der Waals surface area contributed by atoms with E-state index in [9.17, 15) is 0 Å². The average Bonchev–Trinajstić information content (AvgIpc) is 3.15. The zero-order chi connectivity index (χ0) is 16.1. The molecule has 1 heterocycles. The van der Waals surface area contributed by atoms with Gasteiger partial charge in [-0.3, -0.25) is 5.01 Å². The summed E-state index contributed by atoms with van der Waals surface area (Å²) >= 11 is 0. The van der Waals surface area contributed by atoms with Gasteiger partial charge in [-0.1, -0.05) is 12.1 Å². The second-order valence-electron chi connectivity index (χ2n) is 4.87. The van der Waals surface area contributed by atoms with E-state index >= 15 is 0 Å². The molecule has 6 heteroatoms. The van der Waals surface area contributed by atoms with Crippen molar-refractivity contribution in [3.8, 4) is 12.1 Å². The van der Waals surface area contributed by atoms with Crippen LogP contribution in [0, 0.1) is 22.7 Å². The molecule has 0 aliphatic heterocycles. The highest BCUT2D eigenvalue weighted by Gasteiger charge is 2.10. The summed E-state index contributed by atoms with van der Waals surface area (Å²) in [6.07, 6.45) is 3.23. The largest absolute Gasteiger partial charge is 0.274 e. The fourth-order valence-corrected chi connectivity index (χ4v) is 2.19. The molecule has 110 valence electrons. The molecule has 0 unspecified atom stereocenters. The highest BCUT2D eigenvalue weighted by molar-refractivity contribution is 5.50. The minimum absolute atomic E-state index is 0.579. The molecule has 0 aliphatic rings. The Morgan fingerprint density at radius 2 is 1.35 bits per heavy atom. The molecule has 3 aromatic rings. The predicted octanol–water partition coefficient (Wildman–Crippen LogP) is 2.49. The summed E-state index contributed by atoms with van der Waals surface area (Å²) in [6, 6.07) is 18.9. The van der Waals surface area contributed by atoms with Gasteiger partial charge in [0.05, 0.1) is 35.5 Å². The highest BCUT2D eigenvalue weighted by Crippen LogP contribution is 2.19. The second kappa shape index (κ2) is 6.42. The van der Waals surface area contributed by atoms with Crippen molar-refractivity contribution in [2.45, 2.75) is 6.54 Å². The Hall–Kier alpha value is -3.64. The number of rotatable bonds is 4. The fourth-order valence-electron chi connectivity index (χ4n) is 2.19. The van der Waals surface area contributed by atoms with Gasteiger partial charge in [0.1, 0.15) is 12.7 Å². The molecule has 0 saturated carbocycles. The van der Waals surface area contributed by atoms with Gasteiger partial charge in [0.2, 0.25) is 0 Å². The number of nitrogens with zero attached hydrogens (tertiary/aromatic N) is 6. The summed E-state index contributed by atoms with van der Waals surface area (Å²) in [5, 5.41) is 27.5. The van der Waals surface area contributed by atoms with E-state index in [1.807, 2.05) is 29.3 Å². The van der Waals surface area contributed by atoms with E-state index in [0.717, 1.165) is 11.3 Å². The number of anilines is 1. The fraction of sp³-hybridized carbons (Fsp3) is 0.0588. The van der Waals surface area contributed by atoms with Crippen LogP contribution in [0.4, 0.5) is 5.69 Å². The van der Waals surface area contributed by atoms with Gasteiger partial charge in [0.15, 0.2) is 0 Å². The molecule has 6 nitrogen and oxygen atoms in total. The van der Waals surface area contributed by atoms with E-state index in [2.05, 4.69) is 22.3 Å². The van der Waals surface area contributed by atoms with Crippen molar-refractivity contribution in [1.82, 2.24) is 14.9 Å². The number of hydrogen-bond acceptors (Lipinski definition) is 5. The van der Waals surface area contributed by atoms with Crippen LogP contribution in [-0.2, 0) is 6.54 Å². The monoisotopic (exact) mass is 300 g/mol. The van der Waals surface area contributed by atoms with Crippen molar-refractivity contribution in [3.63, 3.8) is 0 Å². The lowest BCUT2D eigenvalue weighted by molar-refractivity contribution is 0.686. The first-order valence-electron chi connectivity index (χ1n) is 6.92. The Bertz CT molecular complexity index is 851. The molecule has 0 amide bonds. The number of benzene rings is 2. The number of hydrogen-bond donors (Lipinski definition) is 0. The van der Waals surface area contributed by atoms with E-state index < -0.39 is 0 Å². The lowest BCUT2D eigenvalue weighted by Crippen LogP contribution is -2.27. The van der Waals surface area contributed by atoms with Crippen molar-refractivity contribution in [2.24, 2.45) is 0 Å². The molecule has 0 spiro atoms. The molecule has 0 aliphatic carbocycles. The smallest absolute Gasteiger partial charge is 0.139 e. The second-order valence-corrected chi connectivity index (χ2v) is 4.87. The van der Waals surface area contributed by atoms with Crippen LogP contribution in [0.3, 0.4) is 0 Å². The maximum atomic E-state index is 8.92. The standard InChI is InChI=1S/C17H12N6/c18-9-14-1-3-16(4-2-14)11-23(22-12-20-21-13-22)17-7-5-15(10-19)6-8-17/h1-8,12-13H,11H2. The lowest BCUT2D eigenvalue weighted by atomic mass is 10.1. The summed E-state index contributed by atoms with van der Waals surface area (Å²) < 4.78 is 1.78. The third kappa shape index (κ3) is 3.17. The molecular weight excluding hydrogens is 288 g/mol. The van der Waals surface area contributed by atoms with Crippen LogP contribution in [0.25, 0.3) is 0 Å². The minimum Gasteiger partial charge on any atom is -0.274 e. The summed E-state index contributed by atoms with van der Waals surface area (Å²) in [4.78, 5) is 0. The Balaban J connectivity index is 1.92. The average molecular weight is 300 g/mol. The normalized spacial score (nSPS) is 9.83. The third-order valence-electron chi connectivity index (χ3n) is 3.40. The zero-order valence-corrected chi connectivity index (χ0v) is 12.2. The van der Waals surface area contributed by atoms with Crippen molar-refractivity contribution in [2.75, 3.05) is 5.01 Å². The SMILES string of the molecule is N#Cc1ccc(CN(c2ccc(C#N)cc2)n2cnnc2)cc1. The molecule has 0 N–H and O–H groups in total. The van der Waals surface area contributed by atoms with E-state index in [4.69, 9.17) is 10.5 Å². The molecule has 0 radical (unpaired) electrons. The summed E-state index contributed by atoms with van der Waals surface area (Å²) in [7, 11) is 0. The van der Waals surface area contributed by atoms with Gasteiger partial charge in [0.25, 0.3) is 0 Å². The molecule has 0 bridgehead atoms. The Morgan fingerprint density at radius 3 is 1.87 bits per heavy atom. The first-order valence-corrected chi connectivity index (χ1v) is 6.92. The van der Waals surface area contributed by atoms with Crippen LogP contribution in [0.5, 0.6) is 0 Å². The van der Waals surface area contributed by atoms with Gasteiger partial charge >= 0.3 is 0 Å². The lowest BCUT2D eigenvalue weighted by Gasteiger charge is -2.25. The topological polar surface area (TPSA) is 81.5 Å². The highest BCUT2D eigenvalue weighted by atomic mass is 15.6. The van der Waals surface area contributed by atoms with Gasteiger partial charge in [-0.2, -0.15) is 10.5 Å².